The maximum atomic E-state index is 4.34. The molecule has 0 saturated carbocycles. The van der Waals surface area contributed by atoms with Gasteiger partial charge in [-0.2, -0.15) is 0 Å². The van der Waals surface area contributed by atoms with Crippen molar-refractivity contribution < 1.29 is 0 Å². The Morgan fingerprint density at radius 2 is 1.61 bits per heavy atom. The molecule has 18 heavy (non-hydrogen) atoms. The van der Waals surface area contributed by atoms with E-state index in [1.165, 1.54) is 42.4 Å². The van der Waals surface area contributed by atoms with Crippen molar-refractivity contribution in [1.29, 1.82) is 0 Å². The van der Waals surface area contributed by atoms with Crippen molar-refractivity contribution in [3.05, 3.63) is 53.9 Å². The lowest BCUT2D eigenvalue weighted by atomic mass is 10.0. The summed E-state index contributed by atoms with van der Waals surface area (Å²) in [5.41, 5.74) is 4.95. The molecule has 0 bridgehead atoms. The molecule has 94 valence electrons. The van der Waals surface area contributed by atoms with E-state index in [0.29, 0.717) is 0 Å². The number of hydrogen-bond acceptors (Lipinski definition) is 1. The smallest absolute Gasteiger partial charge is 0.0373 e. The van der Waals surface area contributed by atoms with E-state index >= 15 is 0 Å². The van der Waals surface area contributed by atoms with E-state index in [-0.39, 0.29) is 0 Å². The predicted molar refractivity (Wildman–Crippen MR) is 77.6 cm³/mol. The van der Waals surface area contributed by atoms with Gasteiger partial charge in [0.15, 0.2) is 0 Å². The van der Waals surface area contributed by atoms with Crippen molar-refractivity contribution in [3.63, 3.8) is 0 Å². The minimum atomic E-state index is 1.06. The van der Waals surface area contributed by atoms with Crippen LogP contribution in [0.1, 0.15) is 37.4 Å². The van der Waals surface area contributed by atoms with Crippen molar-refractivity contribution in [3.8, 4) is 11.1 Å². The second kappa shape index (κ2) is 6.34. The quantitative estimate of drug-likeness (QED) is 0.684. The standard InChI is InChI=1S/C17H21N/c1-3-4-5-6-15-8-11-16(12-9-15)17-10-7-14(2)18-13-17/h7-13H,3-6H2,1-2H3. The van der Waals surface area contributed by atoms with Crippen LogP contribution in [0.15, 0.2) is 42.6 Å². The first kappa shape index (κ1) is 12.8. The van der Waals surface area contributed by atoms with Crippen molar-refractivity contribution in [1.82, 2.24) is 4.98 Å². The zero-order chi connectivity index (χ0) is 12.8. The second-order valence-electron chi connectivity index (χ2n) is 4.84. The Labute approximate surface area is 110 Å². The molecule has 0 aliphatic rings. The molecule has 0 unspecified atom stereocenters. The molecule has 0 saturated heterocycles. The summed E-state index contributed by atoms with van der Waals surface area (Å²) >= 11 is 0. The van der Waals surface area contributed by atoms with Crippen LogP contribution in [0.2, 0.25) is 0 Å². The molecule has 1 heterocycles. The molecule has 2 aromatic rings. The molecule has 1 aromatic carbocycles. The molecule has 2 rings (SSSR count). The van der Waals surface area contributed by atoms with Crippen molar-refractivity contribution in [2.24, 2.45) is 0 Å². The van der Waals surface area contributed by atoms with Crippen LogP contribution in [-0.4, -0.2) is 4.98 Å². The maximum absolute atomic E-state index is 4.34. The Morgan fingerprint density at radius 1 is 0.889 bits per heavy atom. The van der Waals surface area contributed by atoms with E-state index in [9.17, 15) is 0 Å². The van der Waals surface area contributed by atoms with Gasteiger partial charge in [-0.3, -0.25) is 4.98 Å². The van der Waals surface area contributed by atoms with Gasteiger partial charge < -0.3 is 0 Å². The molecule has 0 N–H and O–H groups in total. The monoisotopic (exact) mass is 239 g/mol. The van der Waals surface area contributed by atoms with Crippen LogP contribution < -0.4 is 0 Å². The summed E-state index contributed by atoms with van der Waals surface area (Å²) < 4.78 is 0. The molecule has 0 radical (unpaired) electrons. The fourth-order valence-corrected chi connectivity index (χ4v) is 2.08. The topological polar surface area (TPSA) is 12.9 Å². The Kier molecular flexibility index (Phi) is 4.52. The number of nitrogens with zero attached hydrogens (tertiary/aromatic N) is 1. The van der Waals surface area contributed by atoms with Crippen LogP contribution in [0.3, 0.4) is 0 Å². The predicted octanol–water partition coefficient (Wildman–Crippen LogP) is 4.79. The van der Waals surface area contributed by atoms with Gasteiger partial charge in [-0.25, -0.2) is 0 Å². The van der Waals surface area contributed by atoms with Gasteiger partial charge >= 0.3 is 0 Å². The molecule has 0 aliphatic heterocycles. The number of benzene rings is 1. The Bertz CT molecular complexity index is 468. The van der Waals surface area contributed by atoms with Gasteiger partial charge in [-0.15, -0.1) is 0 Å². The Morgan fingerprint density at radius 3 is 2.22 bits per heavy atom. The van der Waals surface area contributed by atoms with Gasteiger partial charge in [-0.05, 0) is 37.0 Å². The lowest BCUT2D eigenvalue weighted by Crippen LogP contribution is -1.87. The minimum Gasteiger partial charge on any atom is -0.261 e. The zero-order valence-electron chi connectivity index (χ0n) is 11.3. The number of aromatic nitrogens is 1. The molecular formula is C17H21N. The molecule has 0 atom stereocenters. The highest BCUT2D eigenvalue weighted by atomic mass is 14.7. The van der Waals surface area contributed by atoms with Crippen LogP contribution in [0.5, 0.6) is 0 Å². The summed E-state index contributed by atoms with van der Waals surface area (Å²) in [6, 6.07) is 13.1. The van der Waals surface area contributed by atoms with Gasteiger partial charge in [0.2, 0.25) is 0 Å². The molecular weight excluding hydrogens is 218 g/mol. The van der Waals surface area contributed by atoms with Crippen LogP contribution in [0.4, 0.5) is 0 Å². The largest absolute Gasteiger partial charge is 0.261 e. The summed E-state index contributed by atoms with van der Waals surface area (Å²) in [6.07, 6.45) is 7.04. The third-order valence-electron chi connectivity index (χ3n) is 3.27. The summed E-state index contributed by atoms with van der Waals surface area (Å²) in [6.45, 7) is 4.26. The van der Waals surface area contributed by atoms with E-state index in [4.69, 9.17) is 0 Å². The third kappa shape index (κ3) is 3.43. The number of unbranched alkanes of at least 4 members (excludes halogenated alkanes) is 2. The van der Waals surface area contributed by atoms with E-state index in [0.717, 1.165) is 5.69 Å². The van der Waals surface area contributed by atoms with Crippen molar-refractivity contribution in [2.75, 3.05) is 0 Å². The summed E-state index contributed by atoms with van der Waals surface area (Å²) in [4.78, 5) is 4.34. The van der Waals surface area contributed by atoms with E-state index in [2.05, 4.69) is 48.3 Å². The molecule has 1 nitrogen and oxygen atoms in total. The van der Waals surface area contributed by atoms with Crippen LogP contribution in [0, 0.1) is 6.92 Å². The first-order valence-corrected chi connectivity index (χ1v) is 6.81. The summed E-state index contributed by atoms with van der Waals surface area (Å²) in [5, 5.41) is 0. The van der Waals surface area contributed by atoms with Crippen LogP contribution in [-0.2, 0) is 6.42 Å². The zero-order valence-corrected chi connectivity index (χ0v) is 11.3. The van der Waals surface area contributed by atoms with Gasteiger partial charge in [0.1, 0.15) is 0 Å². The maximum Gasteiger partial charge on any atom is 0.0373 e. The fourth-order valence-electron chi connectivity index (χ4n) is 2.08. The molecule has 1 heteroatoms. The van der Waals surface area contributed by atoms with Crippen molar-refractivity contribution in [2.45, 2.75) is 39.5 Å². The fraction of sp³-hybridized carbons (Fsp3) is 0.353. The van der Waals surface area contributed by atoms with E-state index in [1.807, 2.05) is 13.1 Å². The van der Waals surface area contributed by atoms with Gasteiger partial charge in [0, 0.05) is 17.5 Å². The molecule has 1 aromatic heterocycles. The van der Waals surface area contributed by atoms with Crippen molar-refractivity contribution >= 4 is 0 Å². The molecule has 0 spiro atoms. The molecule has 0 aliphatic carbocycles. The van der Waals surface area contributed by atoms with Gasteiger partial charge in [0.05, 0.1) is 0 Å². The summed E-state index contributed by atoms with van der Waals surface area (Å²) in [7, 11) is 0. The van der Waals surface area contributed by atoms with E-state index in [1.54, 1.807) is 0 Å². The van der Waals surface area contributed by atoms with E-state index < -0.39 is 0 Å². The first-order valence-electron chi connectivity index (χ1n) is 6.81. The Hall–Kier alpha value is -1.63. The number of hydrogen-bond donors (Lipinski definition) is 0. The number of aryl methyl sites for hydroxylation is 2. The number of pyridine rings is 1. The average Bonchev–Trinajstić information content (AvgIpc) is 2.41. The number of rotatable bonds is 5. The highest BCUT2D eigenvalue weighted by Gasteiger charge is 1.98. The highest BCUT2D eigenvalue weighted by molar-refractivity contribution is 5.62. The highest BCUT2D eigenvalue weighted by Crippen LogP contribution is 2.19. The SMILES string of the molecule is CCCCCc1ccc(-c2ccc(C)nc2)cc1. The second-order valence-corrected chi connectivity index (χ2v) is 4.84. The van der Waals surface area contributed by atoms with Gasteiger partial charge in [-0.1, -0.05) is 50.1 Å². The average molecular weight is 239 g/mol. The van der Waals surface area contributed by atoms with Crippen LogP contribution >= 0.6 is 0 Å². The molecule has 0 amide bonds. The Balaban J connectivity index is 2.05. The molecule has 0 fully saturated rings. The summed E-state index contributed by atoms with van der Waals surface area (Å²) in [5.74, 6) is 0. The normalized spacial score (nSPS) is 10.6. The van der Waals surface area contributed by atoms with Crippen LogP contribution in [0.25, 0.3) is 11.1 Å². The lowest BCUT2D eigenvalue weighted by molar-refractivity contribution is 0.717. The third-order valence-corrected chi connectivity index (χ3v) is 3.27. The first-order chi connectivity index (χ1) is 8.79. The van der Waals surface area contributed by atoms with Gasteiger partial charge in [0.25, 0.3) is 0 Å². The minimum absolute atomic E-state index is 1.06. The lowest BCUT2D eigenvalue weighted by Gasteiger charge is -2.04.